The van der Waals surface area contributed by atoms with Gasteiger partial charge in [-0.05, 0) is 42.8 Å². The van der Waals surface area contributed by atoms with Crippen molar-refractivity contribution in [1.82, 2.24) is 4.98 Å². The number of hydrogen-bond donors (Lipinski definition) is 2. The molecule has 24 heavy (non-hydrogen) atoms. The molecule has 122 valence electrons. The first kappa shape index (κ1) is 16.2. The number of anilines is 1. The molecule has 0 aliphatic rings. The van der Waals surface area contributed by atoms with E-state index in [1.807, 2.05) is 25.1 Å². The van der Waals surface area contributed by atoms with Gasteiger partial charge in [-0.25, -0.2) is 4.98 Å². The molecule has 2 N–H and O–H groups in total. The fourth-order valence-electron chi connectivity index (χ4n) is 2.27. The van der Waals surface area contributed by atoms with Crippen molar-refractivity contribution in [3.8, 4) is 11.3 Å². The summed E-state index contributed by atoms with van der Waals surface area (Å²) < 4.78 is 5.53. The summed E-state index contributed by atoms with van der Waals surface area (Å²) in [6.07, 6.45) is 1.53. The summed E-state index contributed by atoms with van der Waals surface area (Å²) >= 11 is 5.96. The van der Waals surface area contributed by atoms with Crippen LogP contribution in [0.3, 0.4) is 0 Å². The lowest BCUT2D eigenvalue weighted by atomic mass is 10.1. The van der Waals surface area contributed by atoms with Gasteiger partial charge in [0.2, 0.25) is 0 Å². The lowest BCUT2D eigenvalue weighted by Crippen LogP contribution is -2.13. The van der Waals surface area contributed by atoms with Crippen molar-refractivity contribution < 1.29 is 14.3 Å². The van der Waals surface area contributed by atoms with Crippen LogP contribution in [0, 0.1) is 6.92 Å². The lowest BCUT2D eigenvalue weighted by Gasteiger charge is -2.10. The maximum absolute atomic E-state index is 12.4. The number of amides is 1. The Kier molecular flexibility index (Phi) is 4.64. The van der Waals surface area contributed by atoms with Gasteiger partial charge < -0.3 is 14.8 Å². The number of carbonyl (C=O) groups is 1. The molecule has 0 saturated carbocycles. The Balaban J connectivity index is 1.89. The third-order valence-electron chi connectivity index (χ3n) is 3.59. The fourth-order valence-corrected chi connectivity index (χ4v) is 2.48. The normalized spacial score (nSPS) is 10.6. The van der Waals surface area contributed by atoms with E-state index in [-0.39, 0.29) is 17.7 Å². The average Bonchev–Trinajstić information content (AvgIpc) is 3.06. The standard InChI is InChI=1S/C18H15ClN2O3/c1-11-4-5-12(16-7-6-13(10-22)24-16)9-15(11)21-18(23)14-3-2-8-20-17(14)19/h2-9,22H,10H2,1H3,(H,21,23). The molecule has 0 bridgehead atoms. The number of aliphatic hydroxyl groups excluding tert-OH is 1. The van der Waals surface area contributed by atoms with Crippen LogP contribution in [-0.2, 0) is 6.61 Å². The van der Waals surface area contributed by atoms with Crippen LogP contribution in [0.25, 0.3) is 11.3 Å². The van der Waals surface area contributed by atoms with Gasteiger partial charge in [-0.2, -0.15) is 0 Å². The van der Waals surface area contributed by atoms with E-state index in [0.29, 0.717) is 22.8 Å². The van der Waals surface area contributed by atoms with E-state index in [0.717, 1.165) is 11.1 Å². The zero-order chi connectivity index (χ0) is 17.1. The van der Waals surface area contributed by atoms with Gasteiger partial charge in [0.25, 0.3) is 5.91 Å². The minimum atomic E-state index is -0.330. The Morgan fingerprint density at radius 3 is 2.83 bits per heavy atom. The molecule has 6 heteroatoms. The van der Waals surface area contributed by atoms with Crippen molar-refractivity contribution in [2.24, 2.45) is 0 Å². The predicted octanol–water partition coefficient (Wildman–Crippen LogP) is 4.05. The number of benzene rings is 1. The second kappa shape index (κ2) is 6.86. The van der Waals surface area contributed by atoms with Gasteiger partial charge in [-0.1, -0.05) is 23.7 Å². The molecule has 0 aliphatic carbocycles. The lowest BCUT2D eigenvalue weighted by molar-refractivity contribution is 0.102. The van der Waals surface area contributed by atoms with Gasteiger partial charge in [0.1, 0.15) is 23.3 Å². The van der Waals surface area contributed by atoms with Crippen LogP contribution in [0.1, 0.15) is 21.7 Å². The van der Waals surface area contributed by atoms with Crippen molar-refractivity contribution in [2.45, 2.75) is 13.5 Å². The van der Waals surface area contributed by atoms with Crippen molar-refractivity contribution in [3.63, 3.8) is 0 Å². The van der Waals surface area contributed by atoms with Crippen LogP contribution >= 0.6 is 11.6 Å². The third-order valence-corrected chi connectivity index (χ3v) is 3.89. The number of nitrogens with zero attached hydrogens (tertiary/aromatic N) is 1. The highest BCUT2D eigenvalue weighted by Crippen LogP contribution is 2.27. The second-order valence-electron chi connectivity index (χ2n) is 5.25. The quantitative estimate of drug-likeness (QED) is 0.701. The fraction of sp³-hybridized carbons (Fsp3) is 0.111. The first-order valence-electron chi connectivity index (χ1n) is 7.31. The van der Waals surface area contributed by atoms with Crippen LogP contribution in [0.4, 0.5) is 5.69 Å². The van der Waals surface area contributed by atoms with Crippen molar-refractivity contribution in [2.75, 3.05) is 5.32 Å². The number of aliphatic hydroxyl groups is 1. The maximum Gasteiger partial charge on any atom is 0.258 e. The minimum absolute atomic E-state index is 0.155. The molecule has 2 heterocycles. The van der Waals surface area contributed by atoms with Gasteiger partial charge >= 0.3 is 0 Å². The highest BCUT2D eigenvalue weighted by atomic mass is 35.5. The Hall–Kier alpha value is -2.63. The van der Waals surface area contributed by atoms with E-state index < -0.39 is 0 Å². The van der Waals surface area contributed by atoms with E-state index in [1.165, 1.54) is 6.20 Å². The zero-order valence-corrected chi connectivity index (χ0v) is 13.7. The average molecular weight is 343 g/mol. The molecule has 3 rings (SSSR count). The van der Waals surface area contributed by atoms with Crippen molar-refractivity contribution >= 4 is 23.2 Å². The first-order valence-corrected chi connectivity index (χ1v) is 7.68. The molecule has 0 atom stereocenters. The number of halogens is 1. The monoisotopic (exact) mass is 342 g/mol. The van der Waals surface area contributed by atoms with Crippen LogP contribution in [0.2, 0.25) is 5.15 Å². The molecule has 0 unspecified atom stereocenters. The number of aromatic nitrogens is 1. The third kappa shape index (κ3) is 3.32. The number of aryl methyl sites for hydroxylation is 1. The predicted molar refractivity (Wildman–Crippen MR) is 92.0 cm³/mol. The van der Waals surface area contributed by atoms with Gasteiger partial charge in [-0.15, -0.1) is 0 Å². The molecular weight excluding hydrogens is 328 g/mol. The molecular formula is C18H15ClN2O3. The number of furan rings is 1. The Morgan fingerprint density at radius 1 is 1.29 bits per heavy atom. The SMILES string of the molecule is Cc1ccc(-c2ccc(CO)o2)cc1NC(=O)c1cccnc1Cl. The highest BCUT2D eigenvalue weighted by molar-refractivity contribution is 6.33. The first-order chi connectivity index (χ1) is 11.6. The molecule has 5 nitrogen and oxygen atoms in total. The Morgan fingerprint density at radius 2 is 2.12 bits per heavy atom. The van der Waals surface area contributed by atoms with Gasteiger partial charge in [-0.3, -0.25) is 4.79 Å². The molecule has 0 saturated heterocycles. The number of carbonyl (C=O) groups excluding carboxylic acids is 1. The molecule has 1 amide bonds. The number of nitrogens with one attached hydrogen (secondary N) is 1. The maximum atomic E-state index is 12.4. The summed E-state index contributed by atoms with van der Waals surface area (Å²) in [6.45, 7) is 1.74. The molecule has 0 aliphatic heterocycles. The van der Waals surface area contributed by atoms with Gasteiger partial charge in [0.05, 0.1) is 5.56 Å². The molecule has 0 fully saturated rings. The molecule has 2 aromatic heterocycles. The van der Waals surface area contributed by atoms with Crippen LogP contribution < -0.4 is 5.32 Å². The summed E-state index contributed by atoms with van der Waals surface area (Å²) in [5.41, 5.74) is 2.66. The van der Waals surface area contributed by atoms with E-state index in [2.05, 4.69) is 10.3 Å². The molecule has 1 aromatic carbocycles. The molecule has 0 radical (unpaired) electrons. The van der Waals surface area contributed by atoms with Gasteiger partial charge in [0.15, 0.2) is 0 Å². The summed E-state index contributed by atoms with van der Waals surface area (Å²) in [7, 11) is 0. The van der Waals surface area contributed by atoms with E-state index in [4.69, 9.17) is 21.1 Å². The summed E-state index contributed by atoms with van der Waals surface area (Å²) in [5.74, 6) is 0.774. The number of hydrogen-bond acceptors (Lipinski definition) is 4. The van der Waals surface area contributed by atoms with Crippen molar-refractivity contribution in [1.29, 1.82) is 0 Å². The summed E-state index contributed by atoms with van der Waals surface area (Å²) in [6, 6.07) is 12.4. The number of pyridine rings is 1. The van der Waals surface area contributed by atoms with E-state index in [9.17, 15) is 4.79 Å². The zero-order valence-electron chi connectivity index (χ0n) is 12.9. The van der Waals surface area contributed by atoms with Gasteiger partial charge in [0, 0.05) is 17.4 Å². The number of rotatable bonds is 4. The summed E-state index contributed by atoms with van der Waals surface area (Å²) in [5, 5.41) is 12.1. The Labute approximate surface area is 143 Å². The smallest absolute Gasteiger partial charge is 0.258 e. The van der Waals surface area contributed by atoms with Crippen LogP contribution in [0.15, 0.2) is 53.1 Å². The Bertz CT molecular complexity index is 889. The van der Waals surface area contributed by atoms with Crippen molar-refractivity contribution in [3.05, 3.63) is 70.7 Å². The molecule has 0 spiro atoms. The van der Waals surface area contributed by atoms with Crippen LogP contribution in [0.5, 0.6) is 0 Å². The topological polar surface area (TPSA) is 75.4 Å². The van der Waals surface area contributed by atoms with E-state index in [1.54, 1.807) is 24.3 Å². The van der Waals surface area contributed by atoms with Crippen LogP contribution in [-0.4, -0.2) is 16.0 Å². The highest BCUT2D eigenvalue weighted by Gasteiger charge is 2.13. The minimum Gasteiger partial charge on any atom is -0.459 e. The second-order valence-corrected chi connectivity index (χ2v) is 5.61. The van der Waals surface area contributed by atoms with E-state index >= 15 is 0 Å². The molecule has 3 aromatic rings. The summed E-state index contributed by atoms with van der Waals surface area (Å²) in [4.78, 5) is 16.3. The largest absolute Gasteiger partial charge is 0.459 e.